The van der Waals surface area contributed by atoms with Gasteiger partial charge in [0, 0.05) is 44.5 Å². The number of ether oxygens (including phenoxy) is 2. The summed E-state index contributed by atoms with van der Waals surface area (Å²) in [6.07, 6.45) is 2.60. The van der Waals surface area contributed by atoms with Crippen LogP contribution in [0.3, 0.4) is 0 Å². The number of rotatable bonds is 5. The Morgan fingerprint density at radius 2 is 2.16 bits per heavy atom. The molecule has 8 nitrogen and oxygen atoms in total. The van der Waals surface area contributed by atoms with Crippen molar-refractivity contribution in [3.63, 3.8) is 0 Å². The first-order valence-electron chi connectivity index (χ1n) is 10.6. The molecule has 3 heterocycles. The molecule has 0 saturated carbocycles. The topological polar surface area (TPSA) is 84.0 Å². The Morgan fingerprint density at radius 1 is 1.26 bits per heavy atom. The molecular formula is C23H28N4O4. The van der Waals surface area contributed by atoms with Crippen LogP contribution in [0, 0.1) is 0 Å². The zero-order valence-corrected chi connectivity index (χ0v) is 17.8. The molecule has 1 saturated heterocycles. The fourth-order valence-corrected chi connectivity index (χ4v) is 4.11. The lowest BCUT2D eigenvalue weighted by Gasteiger charge is -2.36. The van der Waals surface area contributed by atoms with Gasteiger partial charge in [0.15, 0.2) is 11.5 Å². The van der Waals surface area contributed by atoms with Crippen LogP contribution < -0.4 is 14.8 Å². The van der Waals surface area contributed by atoms with Gasteiger partial charge in [-0.1, -0.05) is 18.2 Å². The average molecular weight is 425 g/mol. The molecule has 2 aliphatic rings. The second-order valence-electron chi connectivity index (χ2n) is 7.77. The van der Waals surface area contributed by atoms with E-state index in [2.05, 4.69) is 10.3 Å². The highest BCUT2D eigenvalue weighted by Crippen LogP contribution is 2.33. The number of nitrogens with zero attached hydrogens (tertiary/aromatic N) is 3. The lowest BCUT2D eigenvalue weighted by molar-refractivity contribution is -0.139. The number of methoxy groups -OCH3 is 1. The molecule has 1 atom stereocenters. The number of nitrogens with one attached hydrogen (secondary N) is 1. The van der Waals surface area contributed by atoms with Crippen LogP contribution in [0.25, 0.3) is 0 Å². The zero-order chi connectivity index (χ0) is 21.6. The van der Waals surface area contributed by atoms with Crippen molar-refractivity contribution in [1.82, 2.24) is 20.1 Å². The molecule has 31 heavy (non-hydrogen) atoms. The van der Waals surface area contributed by atoms with Crippen molar-refractivity contribution in [3.8, 4) is 11.5 Å². The molecule has 0 bridgehead atoms. The number of amides is 2. The highest BCUT2D eigenvalue weighted by molar-refractivity contribution is 5.89. The standard InChI is InChI=1S/C23H28N4O4/c1-30-20-8-4-6-17-15-27(11-5-13-31-22(17)20)21(28)14-19-23(29)25-10-12-26(19)16-18-7-2-3-9-24-18/h2-4,6-9,19H,5,10-16H2,1H3,(H,25,29). The van der Waals surface area contributed by atoms with Gasteiger partial charge < -0.3 is 19.7 Å². The summed E-state index contributed by atoms with van der Waals surface area (Å²) in [7, 11) is 1.61. The lowest BCUT2D eigenvalue weighted by atomic mass is 10.1. The predicted molar refractivity (Wildman–Crippen MR) is 115 cm³/mol. The maximum Gasteiger partial charge on any atom is 0.237 e. The Labute approximate surface area is 182 Å². The molecule has 4 rings (SSSR count). The summed E-state index contributed by atoms with van der Waals surface area (Å²) in [4.78, 5) is 34.1. The Balaban J connectivity index is 1.49. The zero-order valence-electron chi connectivity index (χ0n) is 17.8. The second kappa shape index (κ2) is 9.78. The van der Waals surface area contributed by atoms with E-state index in [-0.39, 0.29) is 18.2 Å². The maximum absolute atomic E-state index is 13.3. The number of hydrogen-bond acceptors (Lipinski definition) is 6. The third-order valence-electron chi connectivity index (χ3n) is 5.71. The number of carbonyl (C=O) groups excluding carboxylic acids is 2. The summed E-state index contributed by atoms with van der Waals surface area (Å²) in [6, 6.07) is 10.9. The van der Waals surface area contributed by atoms with E-state index in [1.54, 1.807) is 13.3 Å². The van der Waals surface area contributed by atoms with Gasteiger partial charge >= 0.3 is 0 Å². The molecule has 1 unspecified atom stereocenters. The number of hydrogen-bond donors (Lipinski definition) is 1. The molecule has 2 amide bonds. The Hall–Kier alpha value is -3.13. The van der Waals surface area contributed by atoms with Crippen LogP contribution in [-0.4, -0.2) is 66.0 Å². The summed E-state index contributed by atoms with van der Waals surface area (Å²) in [5.41, 5.74) is 1.80. The van der Waals surface area contributed by atoms with Crippen molar-refractivity contribution >= 4 is 11.8 Å². The molecule has 1 fully saturated rings. The highest BCUT2D eigenvalue weighted by Gasteiger charge is 2.33. The predicted octanol–water partition coefficient (Wildman–Crippen LogP) is 1.59. The van der Waals surface area contributed by atoms with E-state index in [0.717, 1.165) is 17.7 Å². The van der Waals surface area contributed by atoms with Crippen molar-refractivity contribution in [2.75, 3.05) is 33.4 Å². The maximum atomic E-state index is 13.3. The Morgan fingerprint density at radius 3 is 2.97 bits per heavy atom. The van der Waals surface area contributed by atoms with Gasteiger partial charge in [-0.05, 0) is 24.6 Å². The second-order valence-corrected chi connectivity index (χ2v) is 7.77. The minimum Gasteiger partial charge on any atom is -0.493 e. The van der Waals surface area contributed by atoms with Gasteiger partial charge in [-0.25, -0.2) is 0 Å². The van der Waals surface area contributed by atoms with Crippen molar-refractivity contribution in [2.45, 2.75) is 32.0 Å². The molecule has 1 aromatic heterocycles. The summed E-state index contributed by atoms with van der Waals surface area (Å²) in [5, 5.41) is 2.90. The van der Waals surface area contributed by atoms with Gasteiger partial charge in [0.05, 0.1) is 31.9 Å². The number of pyridine rings is 1. The highest BCUT2D eigenvalue weighted by atomic mass is 16.5. The van der Waals surface area contributed by atoms with E-state index >= 15 is 0 Å². The molecule has 2 aliphatic heterocycles. The van der Waals surface area contributed by atoms with Crippen LogP contribution in [-0.2, 0) is 22.7 Å². The summed E-state index contributed by atoms with van der Waals surface area (Å²) in [5.74, 6) is 1.21. The van der Waals surface area contributed by atoms with Crippen molar-refractivity contribution in [1.29, 1.82) is 0 Å². The molecule has 0 radical (unpaired) electrons. The third-order valence-corrected chi connectivity index (χ3v) is 5.71. The fourth-order valence-electron chi connectivity index (χ4n) is 4.11. The number of piperazine rings is 1. The molecule has 8 heteroatoms. The molecule has 0 spiro atoms. The largest absolute Gasteiger partial charge is 0.493 e. The minimum atomic E-state index is -0.505. The van der Waals surface area contributed by atoms with E-state index < -0.39 is 6.04 Å². The normalized spacial score (nSPS) is 19.5. The molecule has 164 valence electrons. The van der Waals surface area contributed by atoms with Gasteiger partial charge in [0.1, 0.15) is 0 Å². The summed E-state index contributed by atoms with van der Waals surface area (Å²) >= 11 is 0. The first kappa shape index (κ1) is 21.1. The van der Waals surface area contributed by atoms with Crippen LogP contribution >= 0.6 is 0 Å². The van der Waals surface area contributed by atoms with Gasteiger partial charge in [-0.3, -0.25) is 19.5 Å². The Bertz CT molecular complexity index is 921. The molecular weight excluding hydrogens is 396 g/mol. The lowest BCUT2D eigenvalue weighted by Crippen LogP contribution is -2.56. The number of fused-ring (bicyclic) bond motifs is 1. The quantitative estimate of drug-likeness (QED) is 0.785. The van der Waals surface area contributed by atoms with Crippen LogP contribution in [0.5, 0.6) is 11.5 Å². The van der Waals surface area contributed by atoms with E-state index in [1.165, 1.54) is 0 Å². The fraction of sp³-hybridized carbons (Fsp3) is 0.435. The minimum absolute atomic E-state index is 0.0382. The monoisotopic (exact) mass is 424 g/mol. The molecule has 1 N–H and O–H groups in total. The van der Waals surface area contributed by atoms with E-state index in [9.17, 15) is 9.59 Å². The SMILES string of the molecule is COc1cccc2c1OCCCN(C(=O)CC1C(=O)NCCN1Cc1ccccn1)C2. The van der Waals surface area contributed by atoms with E-state index in [0.29, 0.717) is 50.8 Å². The summed E-state index contributed by atoms with van der Waals surface area (Å²) < 4.78 is 11.3. The number of para-hydroxylation sites is 1. The van der Waals surface area contributed by atoms with Crippen LogP contribution in [0.2, 0.25) is 0 Å². The number of aromatic nitrogens is 1. The molecule has 0 aliphatic carbocycles. The van der Waals surface area contributed by atoms with E-state index in [1.807, 2.05) is 46.2 Å². The van der Waals surface area contributed by atoms with Crippen molar-refractivity contribution in [2.24, 2.45) is 0 Å². The van der Waals surface area contributed by atoms with Crippen molar-refractivity contribution < 1.29 is 19.1 Å². The first-order chi connectivity index (χ1) is 15.2. The van der Waals surface area contributed by atoms with Gasteiger partial charge in [0.25, 0.3) is 0 Å². The van der Waals surface area contributed by atoms with E-state index in [4.69, 9.17) is 9.47 Å². The third kappa shape index (κ3) is 4.96. The Kier molecular flexibility index (Phi) is 6.66. The first-order valence-corrected chi connectivity index (χ1v) is 10.6. The van der Waals surface area contributed by atoms with Crippen LogP contribution in [0.1, 0.15) is 24.1 Å². The molecule has 1 aromatic carbocycles. The van der Waals surface area contributed by atoms with Crippen LogP contribution in [0.15, 0.2) is 42.6 Å². The van der Waals surface area contributed by atoms with Crippen molar-refractivity contribution in [3.05, 3.63) is 53.9 Å². The number of carbonyl (C=O) groups is 2. The number of benzene rings is 1. The van der Waals surface area contributed by atoms with Crippen LogP contribution in [0.4, 0.5) is 0 Å². The van der Waals surface area contributed by atoms with Gasteiger partial charge in [-0.2, -0.15) is 0 Å². The van der Waals surface area contributed by atoms with Gasteiger partial charge in [0.2, 0.25) is 11.8 Å². The molecule has 2 aromatic rings. The smallest absolute Gasteiger partial charge is 0.237 e. The average Bonchev–Trinajstić information content (AvgIpc) is 2.77. The summed E-state index contributed by atoms with van der Waals surface area (Å²) in [6.45, 7) is 3.33. The van der Waals surface area contributed by atoms with Gasteiger partial charge in [-0.15, -0.1) is 0 Å².